The molecular weight excluding hydrogens is 545 g/mol. The lowest BCUT2D eigenvalue weighted by Crippen LogP contribution is -2.29. The van der Waals surface area contributed by atoms with Crippen molar-refractivity contribution >= 4 is 40.5 Å². The standard InChI is InChI=1S/C21H25ClN2O2.C4H11N.C4H6O.C3H5Cl/c1-5-16(9-8-12-26-7-3)21(24(6-2)14-25)20-15(4)18-13-17(22)10-11-19(18)23-20;1-4-5(2)3;1-2-3-4-5;1-2-3-4/h5,8-14,21,23H,1,6-7H2,2-4H3;4H2,1-3H3;2-5H,1H2;2H,1,3H2/b12-8+,16-9+;;4-3+;. The minimum Gasteiger partial charge on any atom is -0.516 e. The number of nitrogens with zero attached hydrogens (tertiary/aromatic N) is 2. The summed E-state index contributed by atoms with van der Waals surface area (Å²) in [4.78, 5) is 19.0. The zero-order valence-corrected chi connectivity index (χ0v) is 26.4. The Hall–Kier alpha value is -3.19. The smallest absolute Gasteiger partial charge is 0.210 e. The second kappa shape index (κ2) is 24.8. The first-order valence-corrected chi connectivity index (χ1v) is 13.9. The molecular formula is C32H47Cl2N3O3. The van der Waals surface area contributed by atoms with Crippen molar-refractivity contribution in [2.45, 2.75) is 33.7 Å². The molecule has 0 aliphatic rings. The number of carbonyl (C=O) groups is 1. The summed E-state index contributed by atoms with van der Waals surface area (Å²) in [5.74, 6) is 0.556. The number of aryl methyl sites for hydroxylation is 1. The molecule has 0 saturated carbocycles. The Morgan fingerprint density at radius 2 is 1.77 bits per heavy atom. The first-order chi connectivity index (χ1) is 19.2. The van der Waals surface area contributed by atoms with Gasteiger partial charge in [-0.25, -0.2) is 0 Å². The lowest BCUT2D eigenvalue weighted by Gasteiger charge is -2.28. The van der Waals surface area contributed by atoms with E-state index >= 15 is 0 Å². The van der Waals surface area contributed by atoms with Crippen molar-refractivity contribution in [2.75, 3.05) is 39.7 Å². The van der Waals surface area contributed by atoms with Crippen LogP contribution in [0, 0.1) is 6.92 Å². The molecule has 6 nitrogen and oxygen atoms in total. The summed E-state index contributed by atoms with van der Waals surface area (Å²) in [6, 6.07) is 5.47. The van der Waals surface area contributed by atoms with Crippen molar-refractivity contribution in [3.8, 4) is 0 Å². The quantitative estimate of drug-likeness (QED) is 0.0852. The van der Waals surface area contributed by atoms with E-state index in [1.807, 2.05) is 51.1 Å². The molecule has 0 aliphatic carbocycles. The first-order valence-electron chi connectivity index (χ1n) is 13.0. The maximum atomic E-state index is 11.7. The number of hydrogen-bond donors (Lipinski definition) is 2. The van der Waals surface area contributed by atoms with Gasteiger partial charge in [-0.3, -0.25) is 4.79 Å². The molecule has 1 atom stereocenters. The molecule has 0 saturated heterocycles. The summed E-state index contributed by atoms with van der Waals surface area (Å²) in [6.45, 7) is 20.9. The van der Waals surface area contributed by atoms with Crippen LogP contribution >= 0.6 is 23.2 Å². The summed E-state index contributed by atoms with van der Waals surface area (Å²) in [7, 11) is 4.11. The number of carbonyl (C=O) groups excluding carboxylic acids is 1. The Labute approximate surface area is 251 Å². The molecule has 0 fully saturated rings. The van der Waals surface area contributed by atoms with Crippen LogP contribution in [0.4, 0.5) is 0 Å². The van der Waals surface area contributed by atoms with Gasteiger partial charge in [-0.1, -0.05) is 56.0 Å². The number of nitrogens with one attached hydrogen (secondary N) is 1. The average Bonchev–Trinajstić information content (AvgIpc) is 3.28. The molecule has 2 N–H and O–H groups in total. The number of aliphatic hydroxyl groups excluding tert-OH is 1. The van der Waals surface area contributed by atoms with Gasteiger partial charge < -0.3 is 24.6 Å². The fraction of sp³-hybridized carbons (Fsp3) is 0.344. The van der Waals surface area contributed by atoms with Crippen molar-refractivity contribution in [2.24, 2.45) is 0 Å². The molecule has 222 valence electrons. The number of benzene rings is 1. The zero-order chi connectivity index (χ0) is 30.9. The molecule has 0 aliphatic heterocycles. The molecule has 1 unspecified atom stereocenters. The predicted molar refractivity (Wildman–Crippen MR) is 175 cm³/mol. The van der Waals surface area contributed by atoms with E-state index in [0.29, 0.717) is 24.1 Å². The van der Waals surface area contributed by atoms with Gasteiger partial charge in [0.25, 0.3) is 0 Å². The van der Waals surface area contributed by atoms with Gasteiger partial charge in [0.15, 0.2) is 0 Å². The minimum atomic E-state index is -0.271. The highest BCUT2D eigenvalue weighted by Gasteiger charge is 2.25. The van der Waals surface area contributed by atoms with E-state index in [-0.39, 0.29) is 6.04 Å². The highest BCUT2D eigenvalue weighted by molar-refractivity contribution is 6.31. The zero-order valence-electron chi connectivity index (χ0n) is 24.9. The maximum Gasteiger partial charge on any atom is 0.210 e. The molecule has 1 heterocycles. The van der Waals surface area contributed by atoms with Crippen LogP contribution in [0.3, 0.4) is 0 Å². The number of allylic oxidation sites excluding steroid dienone is 5. The number of likely N-dealkylation sites (N-methyl/N-ethyl adjacent to an activating group) is 1. The van der Waals surface area contributed by atoms with Crippen molar-refractivity contribution in [3.05, 3.63) is 109 Å². The molecule has 0 bridgehead atoms. The summed E-state index contributed by atoms with van der Waals surface area (Å²) < 4.78 is 5.25. The number of aromatic nitrogens is 1. The van der Waals surface area contributed by atoms with Crippen LogP contribution in [0.2, 0.25) is 5.02 Å². The van der Waals surface area contributed by atoms with Crippen LogP contribution in [0.1, 0.15) is 38.1 Å². The van der Waals surface area contributed by atoms with Crippen LogP contribution in [0.25, 0.3) is 10.9 Å². The molecule has 1 amide bonds. The lowest BCUT2D eigenvalue weighted by atomic mass is 9.98. The summed E-state index contributed by atoms with van der Waals surface area (Å²) in [5, 5.41) is 9.55. The molecule has 2 rings (SSSR count). The molecule has 1 aromatic heterocycles. The van der Waals surface area contributed by atoms with Crippen LogP contribution in [0.5, 0.6) is 0 Å². The first kappa shape index (κ1) is 39.0. The maximum absolute atomic E-state index is 11.7. The summed E-state index contributed by atoms with van der Waals surface area (Å²) in [5.41, 5.74) is 3.90. The average molecular weight is 593 g/mol. The fourth-order valence-corrected chi connectivity index (χ4v) is 3.24. The van der Waals surface area contributed by atoms with E-state index < -0.39 is 0 Å². The lowest BCUT2D eigenvalue weighted by molar-refractivity contribution is -0.119. The number of rotatable bonds is 12. The Bertz CT molecular complexity index is 1090. The van der Waals surface area contributed by atoms with Gasteiger partial charge in [-0.2, -0.15) is 0 Å². The molecule has 1 aromatic carbocycles. The predicted octanol–water partition coefficient (Wildman–Crippen LogP) is 8.53. The van der Waals surface area contributed by atoms with E-state index in [0.717, 1.165) is 47.0 Å². The topological polar surface area (TPSA) is 68.8 Å². The van der Waals surface area contributed by atoms with Gasteiger partial charge in [0, 0.05) is 34.0 Å². The highest BCUT2D eigenvalue weighted by Crippen LogP contribution is 2.34. The minimum absolute atomic E-state index is 0.271. The molecule has 2 aromatic rings. The van der Waals surface area contributed by atoms with Gasteiger partial charge in [-0.15, -0.1) is 18.2 Å². The number of hydrogen-bond acceptors (Lipinski definition) is 4. The second-order valence-corrected chi connectivity index (χ2v) is 9.01. The third kappa shape index (κ3) is 15.4. The van der Waals surface area contributed by atoms with Crippen LogP contribution < -0.4 is 0 Å². The van der Waals surface area contributed by atoms with E-state index in [1.54, 1.807) is 23.3 Å². The number of halogens is 2. The number of aromatic amines is 1. The molecule has 0 radical (unpaired) electrons. The van der Waals surface area contributed by atoms with Crippen molar-refractivity contribution in [1.29, 1.82) is 0 Å². The van der Waals surface area contributed by atoms with Crippen LogP contribution in [-0.4, -0.2) is 66.0 Å². The molecule has 0 spiro atoms. The Balaban J connectivity index is 0. The number of ether oxygens (including phenoxy) is 1. The van der Waals surface area contributed by atoms with Gasteiger partial charge in [0.2, 0.25) is 6.41 Å². The number of alkyl halides is 1. The van der Waals surface area contributed by atoms with E-state index in [9.17, 15) is 4.79 Å². The Morgan fingerprint density at radius 1 is 1.15 bits per heavy atom. The largest absolute Gasteiger partial charge is 0.516 e. The number of amides is 1. The molecule has 8 heteroatoms. The van der Waals surface area contributed by atoms with Gasteiger partial charge in [0.1, 0.15) is 0 Å². The van der Waals surface area contributed by atoms with Crippen LogP contribution in [-0.2, 0) is 9.53 Å². The third-order valence-corrected chi connectivity index (χ3v) is 5.76. The van der Waals surface area contributed by atoms with Gasteiger partial charge >= 0.3 is 0 Å². The normalized spacial score (nSPS) is 11.5. The van der Waals surface area contributed by atoms with Gasteiger partial charge in [-0.05, 0) is 82.9 Å². The molecule has 40 heavy (non-hydrogen) atoms. The Morgan fingerprint density at radius 3 is 2.17 bits per heavy atom. The van der Waals surface area contributed by atoms with Crippen molar-refractivity contribution < 1.29 is 14.6 Å². The van der Waals surface area contributed by atoms with E-state index in [4.69, 9.17) is 33.0 Å². The van der Waals surface area contributed by atoms with Crippen molar-refractivity contribution in [1.82, 2.24) is 14.8 Å². The summed E-state index contributed by atoms with van der Waals surface area (Å²) in [6.07, 6.45) is 13.5. The third-order valence-electron chi connectivity index (χ3n) is 5.31. The number of fused-ring (bicyclic) bond motifs is 1. The summed E-state index contributed by atoms with van der Waals surface area (Å²) >= 11 is 11.2. The van der Waals surface area contributed by atoms with Crippen LogP contribution in [0.15, 0.2) is 92.5 Å². The Kier molecular flexibility index (Phi) is 24.2. The second-order valence-electron chi connectivity index (χ2n) is 8.26. The number of H-pyrrole nitrogens is 1. The van der Waals surface area contributed by atoms with Gasteiger partial charge in [0.05, 0.1) is 25.2 Å². The number of aliphatic hydroxyl groups is 1. The monoisotopic (exact) mass is 591 g/mol. The highest BCUT2D eigenvalue weighted by atomic mass is 35.5. The van der Waals surface area contributed by atoms with E-state index in [2.05, 4.69) is 50.6 Å². The van der Waals surface area contributed by atoms with Crippen molar-refractivity contribution in [3.63, 3.8) is 0 Å². The van der Waals surface area contributed by atoms with E-state index in [1.165, 1.54) is 12.2 Å². The fourth-order valence-electron chi connectivity index (χ4n) is 3.07. The SMILES string of the molecule is C=C/C(=C\C=C\OCC)C(c1[nH]c2ccc(Cl)cc2c1C)N(C=O)CC.C=C/C=C/O.C=CCCl.CCN(C)C.